The maximum absolute atomic E-state index is 12.9. The van der Waals surface area contributed by atoms with Crippen LogP contribution >= 0.6 is 0 Å². The molecular weight excluding hydrogens is 374 g/mol. The number of likely N-dealkylation sites (N-methyl/N-ethyl adjacent to an activating group) is 1. The minimum Gasteiger partial charge on any atom is -0.457 e. The van der Waals surface area contributed by atoms with E-state index < -0.39 is 0 Å². The molecule has 2 aromatic carbocycles. The number of carbonyl (C=O) groups is 1. The van der Waals surface area contributed by atoms with Gasteiger partial charge in [0.15, 0.2) is 0 Å². The van der Waals surface area contributed by atoms with Crippen LogP contribution in [0.2, 0.25) is 0 Å². The summed E-state index contributed by atoms with van der Waals surface area (Å²) in [6.45, 7) is 9.95. The summed E-state index contributed by atoms with van der Waals surface area (Å²) in [7, 11) is 0. The minimum absolute atomic E-state index is 0.196. The summed E-state index contributed by atoms with van der Waals surface area (Å²) in [4.78, 5) is 19.9. The number of nitrogens with zero attached hydrogens (tertiary/aromatic N) is 3. The van der Waals surface area contributed by atoms with Gasteiger partial charge in [0.1, 0.15) is 11.5 Å². The predicted molar refractivity (Wildman–Crippen MR) is 120 cm³/mol. The van der Waals surface area contributed by atoms with Crippen LogP contribution in [0.4, 0.5) is 0 Å². The Balaban J connectivity index is 1.26. The maximum Gasteiger partial charge on any atom is 0.225 e. The quantitative estimate of drug-likeness (QED) is 0.729. The average Bonchev–Trinajstić information content (AvgIpc) is 2.80. The summed E-state index contributed by atoms with van der Waals surface area (Å²) < 4.78 is 5.97. The summed E-state index contributed by atoms with van der Waals surface area (Å²) in [6.07, 6.45) is 1.93. The summed E-state index contributed by atoms with van der Waals surface area (Å²) in [5.41, 5.74) is 1.25. The Morgan fingerprint density at radius 3 is 2.27 bits per heavy atom. The third kappa shape index (κ3) is 5.41. The lowest BCUT2D eigenvalue weighted by Crippen LogP contribution is -2.51. The van der Waals surface area contributed by atoms with E-state index in [0.29, 0.717) is 5.91 Å². The van der Waals surface area contributed by atoms with E-state index >= 15 is 0 Å². The third-order valence-corrected chi connectivity index (χ3v) is 6.35. The van der Waals surface area contributed by atoms with Gasteiger partial charge in [-0.15, -0.1) is 0 Å². The molecule has 0 unspecified atom stereocenters. The second-order valence-electron chi connectivity index (χ2n) is 8.37. The van der Waals surface area contributed by atoms with Crippen LogP contribution in [0.3, 0.4) is 0 Å². The monoisotopic (exact) mass is 407 g/mol. The highest BCUT2D eigenvalue weighted by Gasteiger charge is 2.30. The van der Waals surface area contributed by atoms with Crippen molar-refractivity contribution in [3.8, 4) is 11.5 Å². The molecule has 30 heavy (non-hydrogen) atoms. The molecule has 0 N–H and O–H groups in total. The Morgan fingerprint density at radius 2 is 1.57 bits per heavy atom. The first kappa shape index (κ1) is 20.9. The summed E-state index contributed by atoms with van der Waals surface area (Å²) in [5.74, 6) is 2.30. The highest BCUT2D eigenvalue weighted by atomic mass is 16.5. The highest BCUT2D eigenvalue weighted by Crippen LogP contribution is 2.25. The van der Waals surface area contributed by atoms with Crippen molar-refractivity contribution in [3.63, 3.8) is 0 Å². The van der Waals surface area contributed by atoms with Crippen LogP contribution < -0.4 is 4.74 Å². The van der Waals surface area contributed by atoms with Crippen molar-refractivity contribution >= 4 is 5.91 Å². The second kappa shape index (κ2) is 10.1. The van der Waals surface area contributed by atoms with Gasteiger partial charge in [-0.05, 0) is 62.3 Å². The van der Waals surface area contributed by atoms with Gasteiger partial charge in [0, 0.05) is 38.6 Å². The SMILES string of the molecule is CCN1CCN(C(=O)C2CCN(Cc3cccc(Oc4ccccc4)c3)CC2)CC1. The van der Waals surface area contributed by atoms with Gasteiger partial charge >= 0.3 is 0 Å². The molecule has 2 aliphatic rings. The van der Waals surface area contributed by atoms with Gasteiger partial charge < -0.3 is 14.5 Å². The molecule has 2 aromatic rings. The number of hydrogen-bond donors (Lipinski definition) is 0. The molecule has 5 nitrogen and oxygen atoms in total. The molecule has 2 saturated heterocycles. The Kier molecular flexibility index (Phi) is 7.03. The van der Waals surface area contributed by atoms with E-state index in [4.69, 9.17) is 4.74 Å². The molecule has 4 rings (SSSR count). The van der Waals surface area contributed by atoms with Gasteiger partial charge in [0.05, 0.1) is 0 Å². The fourth-order valence-corrected chi connectivity index (χ4v) is 4.47. The van der Waals surface area contributed by atoms with Gasteiger partial charge in [-0.3, -0.25) is 9.69 Å². The first-order chi connectivity index (χ1) is 14.7. The van der Waals surface area contributed by atoms with E-state index in [-0.39, 0.29) is 5.92 Å². The van der Waals surface area contributed by atoms with E-state index in [1.807, 2.05) is 36.4 Å². The topological polar surface area (TPSA) is 36.0 Å². The van der Waals surface area contributed by atoms with Crippen molar-refractivity contribution in [2.75, 3.05) is 45.8 Å². The predicted octanol–water partition coefficient (Wildman–Crippen LogP) is 3.86. The zero-order chi connectivity index (χ0) is 20.8. The van der Waals surface area contributed by atoms with Gasteiger partial charge in [-0.1, -0.05) is 37.3 Å². The van der Waals surface area contributed by atoms with Crippen molar-refractivity contribution in [1.82, 2.24) is 14.7 Å². The number of amides is 1. The molecule has 2 heterocycles. The average molecular weight is 408 g/mol. The number of benzene rings is 2. The molecule has 2 aliphatic heterocycles. The molecule has 0 saturated carbocycles. The zero-order valence-electron chi connectivity index (χ0n) is 18.0. The number of rotatable bonds is 6. The van der Waals surface area contributed by atoms with Gasteiger partial charge in [0.2, 0.25) is 5.91 Å². The van der Waals surface area contributed by atoms with Crippen LogP contribution in [0.25, 0.3) is 0 Å². The van der Waals surface area contributed by atoms with Crippen LogP contribution in [0.5, 0.6) is 11.5 Å². The molecule has 160 valence electrons. The molecule has 0 aromatic heterocycles. The van der Waals surface area contributed by atoms with E-state index in [1.54, 1.807) is 0 Å². The molecule has 2 fully saturated rings. The van der Waals surface area contributed by atoms with Crippen molar-refractivity contribution < 1.29 is 9.53 Å². The Morgan fingerprint density at radius 1 is 0.867 bits per heavy atom. The first-order valence-corrected chi connectivity index (χ1v) is 11.3. The first-order valence-electron chi connectivity index (χ1n) is 11.3. The van der Waals surface area contributed by atoms with Crippen molar-refractivity contribution in [2.24, 2.45) is 5.92 Å². The number of para-hydroxylation sites is 1. The van der Waals surface area contributed by atoms with E-state index in [9.17, 15) is 4.79 Å². The second-order valence-corrected chi connectivity index (χ2v) is 8.37. The minimum atomic E-state index is 0.196. The van der Waals surface area contributed by atoms with Gasteiger partial charge in [0.25, 0.3) is 0 Å². The number of piperidine rings is 1. The number of carbonyl (C=O) groups excluding carboxylic acids is 1. The number of piperazine rings is 1. The fourth-order valence-electron chi connectivity index (χ4n) is 4.47. The number of likely N-dealkylation sites (tertiary alicyclic amines) is 1. The molecular formula is C25H33N3O2. The van der Waals surface area contributed by atoms with E-state index in [2.05, 4.69) is 39.8 Å². The van der Waals surface area contributed by atoms with E-state index in [1.165, 1.54) is 5.56 Å². The molecule has 5 heteroatoms. The molecule has 1 amide bonds. The van der Waals surface area contributed by atoms with Crippen molar-refractivity contribution in [3.05, 3.63) is 60.2 Å². The van der Waals surface area contributed by atoms with Crippen LogP contribution in [0.1, 0.15) is 25.3 Å². The standard InChI is InChI=1S/C25H33N3O2/c1-2-26-15-17-28(18-16-26)25(29)22-11-13-27(14-12-22)20-21-7-6-10-24(19-21)30-23-8-4-3-5-9-23/h3-10,19,22H,2,11-18,20H2,1H3. The lowest BCUT2D eigenvalue weighted by molar-refractivity contribution is -0.138. The van der Waals surface area contributed by atoms with Crippen molar-refractivity contribution in [2.45, 2.75) is 26.3 Å². The Hall–Kier alpha value is -2.37. The normalized spacial score (nSPS) is 19.0. The van der Waals surface area contributed by atoms with Gasteiger partial charge in [-0.25, -0.2) is 0 Å². The summed E-state index contributed by atoms with van der Waals surface area (Å²) in [5, 5.41) is 0. The Labute approximate surface area is 180 Å². The number of hydrogen-bond acceptors (Lipinski definition) is 4. The van der Waals surface area contributed by atoms with Crippen LogP contribution in [0, 0.1) is 5.92 Å². The fraction of sp³-hybridized carbons (Fsp3) is 0.480. The molecule has 0 aliphatic carbocycles. The maximum atomic E-state index is 12.9. The smallest absolute Gasteiger partial charge is 0.225 e. The van der Waals surface area contributed by atoms with E-state index in [0.717, 1.165) is 76.7 Å². The highest BCUT2D eigenvalue weighted by molar-refractivity contribution is 5.79. The van der Waals surface area contributed by atoms with Crippen LogP contribution in [-0.4, -0.2) is 66.4 Å². The van der Waals surface area contributed by atoms with Gasteiger partial charge in [-0.2, -0.15) is 0 Å². The van der Waals surface area contributed by atoms with Crippen LogP contribution in [0.15, 0.2) is 54.6 Å². The Bertz CT molecular complexity index is 810. The lowest BCUT2D eigenvalue weighted by atomic mass is 9.94. The van der Waals surface area contributed by atoms with Crippen LogP contribution in [-0.2, 0) is 11.3 Å². The molecule has 0 spiro atoms. The molecule has 0 radical (unpaired) electrons. The summed E-state index contributed by atoms with van der Waals surface area (Å²) >= 11 is 0. The largest absolute Gasteiger partial charge is 0.457 e. The number of ether oxygens (including phenoxy) is 1. The summed E-state index contributed by atoms with van der Waals surface area (Å²) in [6, 6.07) is 18.2. The molecule has 0 bridgehead atoms. The lowest BCUT2D eigenvalue weighted by Gasteiger charge is -2.38. The third-order valence-electron chi connectivity index (χ3n) is 6.35. The molecule has 0 atom stereocenters. The zero-order valence-corrected chi connectivity index (χ0v) is 18.0. The van der Waals surface area contributed by atoms with Crippen molar-refractivity contribution in [1.29, 1.82) is 0 Å².